The zero-order valence-corrected chi connectivity index (χ0v) is 16.8. The molecule has 28 heavy (non-hydrogen) atoms. The molecule has 3 heterocycles. The van der Waals surface area contributed by atoms with Gasteiger partial charge in [-0.1, -0.05) is 35.5 Å². The smallest absolute Gasteiger partial charge is 0.277 e. The van der Waals surface area contributed by atoms with E-state index in [9.17, 15) is 4.79 Å². The zero-order chi connectivity index (χ0) is 19.7. The standard InChI is InChI=1S/C21H22N4O2S/c1-13-7-4-5-8-16(13)12-25-15(3)20(14(2)23-25)22-21(26)17-11-18(27-24-17)19-9-6-10-28-19/h4-11,14,23H,12H2,1-3H3,(H,22,26). The zero-order valence-electron chi connectivity index (χ0n) is 16.0. The van der Waals surface area contributed by atoms with Crippen molar-refractivity contribution in [2.24, 2.45) is 0 Å². The molecule has 0 fully saturated rings. The Morgan fingerprint density at radius 1 is 1.29 bits per heavy atom. The fourth-order valence-electron chi connectivity index (χ4n) is 3.28. The minimum Gasteiger partial charge on any atom is -0.355 e. The van der Waals surface area contributed by atoms with Crippen molar-refractivity contribution in [2.75, 3.05) is 0 Å². The van der Waals surface area contributed by atoms with Gasteiger partial charge >= 0.3 is 0 Å². The van der Waals surface area contributed by atoms with Crippen LogP contribution < -0.4 is 10.7 Å². The lowest BCUT2D eigenvalue weighted by atomic mass is 10.1. The molecule has 1 atom stereocenters. The summed E-state index contributed by atoms with van der Waals surface area (Å²) in [6.07, 6.45) is 0. The third-order valence-electron chi connectivity index (χ3n) is 4.92. The first-order valence-corrected chi connectivity index (χ1v) is 10.0. The number of aromatic nitrogens is 1. The van der Waals surface area contributed by atoms with Crippen molar-refractivity contribution in [2.45, 2.75) is 33.4 Å². The van der Waals surface area contributed by atoms with E-state index in [1.54, 1.807) is 17.4 Å². The molecule has 144 valence electrons. The Morgan fingerprint density at radius 2 is 2.11 bits per heavy atom. The maximum atomic E-state index is 12.7. The van der Waals surface area contributed by atoms with Crippen LogP contribution in [0.4, 0.5) is 0 Å². The van der Waals surface area contributed by atoms with E-state index < -0.39 is 0 Å². The highest BCUT2D eigenvalue weighted by molar-refractivity contribution is 7.13. The third kappa shape index (κ3) is 3.58. The molecule has 0 bridgehead atoms. The number of amides is 1. The Kier molecular flexibility index (Phi) is 5.02. The van der Waals surface area contributed by atoms with Gasteiger partial charge in [0.05, 0.1) is 23.2 Å². The molecule has 2 N–H and O–H groups in total. The van der Waals surface area contributed by atoms with Gasteiger partial charge in [-0.3, -0.25) is 4.79 Å². The van der Waals surface area contributed by atoms with Gasteiger partial charge in [-0.05, 0) is 43.3 Å². The van der Waals surface area contributed by atoms with Crippen molar-refractivity contribution in [1.29, 1.82) is 0 Å². The van der Waals surface area contributed by atoms with Crippen molar-refractivity contribution in [3.8, 4) is 10.6 Å². The topological polar surface area (TPSA) is 70.4 Å². The van der Waals surface area contributed by atoms with Crippen molar-refractivity contribution in [3.63, 3.8) is 0 Å². The number of hydrazine groups is 1. The number of thiophene rings is 1. The number of benzene rings is 1. The van der Waals surface area contributed by atoms with Crippen LogP contribution in [-0.4, -0.2) is 22.1 Å². The van der Waals surface area contributed by atoms with Crippen LogP contribution in [-0.2, 0) is 6.54 Å². The molecule has 1 aromatic carbocycles. The second kappa shape index (κ2) is 7.61. The minimum atomic E-state index is -0.271. The predicted molar refractivity (Wildman–Crippen MR) is 109 cm³/mol. The molecule has 2 aromatic heterocycles. The summed E-state index contributed by atoms with van der Waals surface area (Å²) in [5.74, 6) is 0.330. The summed E-state index contributed by atoms with van der Waals surface area (Å²) in [7, 11) is 0. The van der Waals surface area contributed by atoms with Crippen LogP contribution in [0, 0.1) is 6.92 Å². The van der Waals surface area contributed by atoms with Crippen molar-refractivity contribution < 1.29 is 9.32 Å². The molecule has 1 amide bonds. The SMILES string of the molecule is CC1=C(NC(=O)c2cc(-c3cccs3)on2)C(C)NN1Cc1ccccc1C. The van der Waals surface area contributed by atoms with Crippen LogP contribution in [0.2, 0.25) is 0 Å². The van der Waals surface area contributed by atoms with Crippen LogP contribution in [0.3, 0.4) is 0 Å². The number of rotatable bonds is 5. The first-order valence-electron chi connectivity index (χ1n) is 9.14. The highest BCUT2D eigenvalue weighted by Gasteiger charge is 2.28. The van der Waals surface area contributed by atoms with Gasteiger partial charge in [-0.2, -0.15) is 0 Å². The molecule has 7 heteroatoms. The number of aryl methyl sites for hydroxylation is 1. The molecule has 3 aromatic rings. The normalized spacial score (nSPS) is 16.7. The summed E-state index contributed by atoms with van der Waals surface area (Å²) < 4.78 is 5.32. The third-order valence-corrected chi connectivity index (χ3v) is 5.81. The van der Waals surface area contributed by atoms with E-state index in [-0.39, 0.29) is 17.6 Å². The lowest BCUT2D eigenvalue weighted by Crippen LogP contribution is -2.37. The maximum absolute atomic E-state index is 12.7. The maximum Gasteiger partial charge on any atom is 0.277 e. The van der Waals surface area contributed by atoms with Crippen LogP contribution in [0.1, 0.15) is 35.5 Å². The second-order valence-corrected chi connectivity index (χ2v) is 7.82. The Morgan fingerprint density at radius 3 is 2.86 bits per heavy atom. The van der Waals surface area contributed by atoms with E-state index in [1.165, 1.54) is 11.1 Å². The molecule has 1 aliphatic rings. The van der Waals surface area contributed by atoms with Crippen molar-refractivity contribution in [1.82, 2.24) is 20.9 Å². The highest BCUT2D eigenvalue weighted by Crippen LogP contribution is 2.26. The van der Waals surface area contributed by atoms with E-state index in [0.717, 1.165) is 22.8 Å². The van der Waals surface area contributed by atoms with E-state index in [2.05, 4.69) is 40.0 Å². The number of allylic oxidation sites excluding steroid dienone is 1. The number of carbonyl (C=O) groups excluding carboxylic acids is 1. The summed E-state index contributed by atoms with van der Waals surface area (Å²) in [5.41, 5.74) is 8.01. The Hall–Kier alpha value is -2.90. The average molecular weight is 395 g/mol. The number of nitrogens with zero attached hydrogens (tertiary/aromatic N) is 2. The van der Waals surface area contributed by atoms with Gasteiger partial charge < -0.3 is 14.8 Å². The van der Waals surface area contributed by atoms with Gasteiger partial charge in [0, 0.05) is 11.8 Å². The van der Waals surface area contributed by atoms with Crippen LogP contribution in [0.15, 0.2) is 63.8 Å². The lowest BCUT2D eigenvalue weighted by Gasteiger charge is -2.22. The van der Waals surface area contributed by atoms with E-state index >= 15 is 0 Å². The molecule has 0 saturated carbocycles. The first kappa shape index (κ1) is 18.5. The van der Waals surface area contributed by atoms with Gasteiger partial charge in [0.2, 0.25) is 0 Å². The molecule has 4 rings (SSSR count). The molecule has 0 spiro atoms. The second-order valence-electron chi connectivity index (χ2n) is 6.87. The van der Waals surface area contributed by atoms with Gasteiger partial charge in [-0.15, -0.1) is 11.3 Å². The molecular weight excluding hydrogens is 372 g/mol. The largest absolute Gasteiger partial charge is 0.355 e. The van der Waals surface area contributed by atoms with Crippen molar-refractivity contribution in [3.05, 3.63) is 76.1 Å². The molecule has 0 aliphatic carbocycles. The molecule has 0 radical (unpaired) electrons. The fraction of sp³-hybridized carbons (Fsp3) is 0.238. The summed E-state index contributed by atoms with van der Waals surface area (Å²) in [5, 5.41) is 11.0. The molecule has 6 nitrogen and oxygen atoms in total. The summed E-state index contributed by atoms with van der Waals surface area (Å²) in [6, 6.07) is 13.8. The Balaban J connectivity index is 1.49. The minimum absolute atomic E-state index is 0.00312. The monoisotopic (exact) mass is 394 g/mol. The quantitative estimate of drug-likeness (QED) is 0.682. The van der Waals surface area contributed by atoms with Crippen LogP contribution in [0.25, 0.3) is 10.6 Å². The summed E-state index contributed by atoms with van der Waals surface area (Å²) in [4.78, 5) is 13.6. The number of carbonyl (C=O) groups is 1. The summed E-state index contributed by atoms with van der Waals surface area (Å²) >= 11 is 1.55. The van der Waals surface area contributed by atoms with Gasteiger partial charge in [0.25, 0.3) is 5.91 Å². The number of hydrogen-bond donors (Lipinski definition) is 2. The Bertz CT molecular complexity index is 1020. The number of nitrogens with one attached hydrogen (secondary N) is 2. The van der Waals surface area contributed by atoms with Gasteiger partial charge in [0.1, 0.15) is 0 Å². The van der Waals surface area contributed by atoms with Crippen molar-refractivity contribution >= 4 is 17.2 Å². The Labute approximate surface area is 167 Å². The van der Waals surface area contributed by atoms with Crippen LogP contribution in [0.5, 0.6) is 0 Å². The van der Waals surface area contributed by atoms with Gasteiger partial charge in [-0.25, -0.2) is 5.43 Å². The fourth-order valence-corrected chi connectivity index (χ4v) is 3.95. The average Bonchev–Trinajstić information content (AvgIpc) is 3.41. The van der Waals surface area contributed by atoms with E-state index in [0.29, 0.717) is 5.76 Å². The predicted octanol–water partition coefficient (Wildman–Crippen LogP) is 4.08. The van der Waals surface area contributed by atoms with Crippen LogP contribution >= 0.6 is 11.3 Å². The summed E-state index contributed by atoms with van der Waals surface area (Å²) in [6.45, 7) is 6.86. The molecule has 1 aliphatic heterocycles. The molecule has 1 unspecified atom stereocenters. The molecular formula is C21H22N4O2S. The van der Waals surface area contributed by atoms with Gasteiger partial charge in [0.15, 0.2) is 11.5 Å². The highest BCUT2D eigenvalue weighted by atomic mass is 32.1. The first-order chi connectivity index (χ1) is 13.5. The number of hydrogen-bond acceptors (Lipinski definition) is 6. The lowest BCUT2D eigenvalue weighted by molar-refractivity contribution is 0.0954. The van der Waals surface area contributed by atoms with E-state index in [1.807, 2.05) is 43.5 Å². The van der Waals surface area contributed by atoms with E-state index in [4.69, 9.17) is 4.52 Å². The molecule has 0 saturated heterocycles.